The van der Waals surface area contributed by atoms with E-state index < -0.39 is 0 Å². The molecule has 1 unspecified atom stereocenters. The number of hydrogen-bond donors (Lipinski definition) is 1. The fraction of sp³-hybridized carbons (Fsp3) is 0.278. The van der Waals surface area contributed by atoms with Crippen molar-refractivity contribution in [3.8, 4) is 5.75 Å². The van der Waals surface area contributed by atoms with Gasteiger partial charge in [0.1, 0.15) is 5.75 Å². The molecule has 0 saturated heterocycles. The summed E-state index contributed by atoms with van der Waals surface area (Å²) in [4.78, 5) is 12.1. The molecule has 0 aromatic heterocycles. The standard InChI is InChI=1S/C18H21NO3/c1-13-7-9-14(10-8-13)18(20)19-12-17(22-3)15-5-4-6-16(11-15)21-2/h4-11,17H,12H2,1-3H3,(H,19,20). The van der Waals surface area contributed by atoms with Crippen LogP contribution in [0, 0.1) is 6.92 Å². The molecule has 2 rings (SSSR count). The first-order valence-electron chi connectivity index (χ1n) is 7.15. The first-order chi connectivity index (χ1) is 10.6. The van der Waals surface area contributed by atoms with Gasteiger partial charge in [0.2, 0.25) is 0 Å². The van der Waals surface area contributed by atoms with Crippen molar-refractivity contribution in [2.45, 2.75) is 13.0 Å². The van der Waals surface area contributed by atoms with Gasteiger partial charge in [-0.05, 0) is 36.8 Å². The number of ether oxygens (including phenoxy) is 2. The number of carbonyl (C=O) groups excluding carboxylic acids is 1. The Morgan fingerprint density at radius 1 is 1.14 bits per heavy atom. The van der Waals surface area contributed by atoms with E-state index in [1.54, 1.807) is 14.2 Å². The van der Waals surface area contributed by atoms with Crippen molar-refractivity contribution in [1.82, 2.24) is 5.32 Å². The van der Waals surface area contributed by atoms with Crippen molar-refractivity contribution < 1.29 is 14.3 Å². The zero-order valence-corrected chi connectivity index (χ0v) is 13.1. The number of rotatable bonds is 6. The average molecular weight is 299 g/mol. The Kier molecular flexibility index (Phi) is 5.55. The lowest BCUT2D eigenvalue weighted by molar-refractivity contribution is 0.0827. The SMILES string of the molecule is COc1cccc(C(CNC(=O)c2ccc(C)cc2)OC)c1. The minimum absolute atomic E-state index is 0.107. The lowest BCUT2D eigenvalue weighted by atomic mass is 10.1. The molecule has 1 amide bonds. The van der Waals surface area contributed by atoms with Gasteiger partial charge in [0.05, 0.1) is 13.2 Å². The molecule has 22 heavy (non-hydrogen) atoms. The predicted molar refractivity (Wildman–Crippen MR) is 86.3 cm³/mol. The second-order valence-corrected chi connectivity index (χ2v) is 5.08. The van der Waals surface area contributed by atoms with E-state index >= 15 is 0 Å². The van der Waals surface area contributed by atoms with Crippen LogP contribution in [0.4, 0.5) is 0 Å². The molecule has 4 nitrogen and oxygen atoms in total. The van der Waals surface area contributed by atoms with Gasteiger partial charge < -0.3 is 14.8 Å². The maximum absolute atomic E-state index is 12.1. The van der Waals surface area contributed by atoms with Crippen molar-refractivity contribution >= 4 is 5.91 Å². The lowest BCUT2D eigenvalue weighted by Gasteiger charge is -2.17. The zero-order valence-electron chi connectivity index (χ0n) is 13.1. The van der Waals surface area contributed by atoms with E-state index in [-0.39, 0.29) is 12.0 Å². The molecule has 0 heterocycles. The highest BCUT2D eigenvalue weighted by Crippen LogP contribution is 2.21. The van der Waals surface area contributed by atoms with Gasteiger partial charge in [-0.15, -0.1) is 0 Å². The van der Waals surface area contributed by atoms with Crippen molar-refractivity contribution in [3.63, 3.8) is 0 Å². The van der Waals surface area contributed by atoms with Crippen LogP contribution in [0.5, 0.6) is 5.75 Å². The Morgan fingerprint density at radius 2 is 1.86 bits per heavy atom. The Labute approximate surface area is 131 Å². The minimum atomic E-state index is -0.218. The molecule has 0 bridgehead atoms. The van der Waals surface area contributed by atoms with Crippen LogP contribution in [0.1, 0.15) is 27.6 Å². The molecule has 2 aromatic rings. The van der Waals surface area contributed by atoms with Crippen LogP contribution in [0.2, 0.25) is 0 Å². The summed E-state index contributed by atoms with van der Waals surface area (Å²) in [7, 11) is 3.25. The van der Waals surface area contributed by atoms with Gasteiger partial charge >= 0.3 is 0 Å². The highest BCUT2D eigenvalue weighted by atomic mass is 16.5. The number of benzene rings is 2. The molecule has 0 aliphatic rings. The Morgan fingerprint density at radius 3 is 2.50 bits per heavy atom. The van der Waals surface area contributed by atoms with E-state index in [0.29, 0.717) is 12.1 Å². The van der Waals surface area contributed by atoms with E-state index in [4.69, 9.17) is 9.47 Å². The van der Waals surface area contributed by atoms with Gasteiger partial charge in [0.25, 0.3) is 5.91 Å². The third-order valence-corrected chi connectivity index (χ3v) is 3.51. The van der Waals surface area contributed by atoms with E-state index in [2.05, 4.69) is 5.32 Å². The summed E-state index contributed by atoms with van der Waals surface area (Å²) in [5, 5.41) is 2.90. The van der Waals surface area contributed by atoms with Crippen molar-refractivity contribution in [3.05, 3.63) is 65.2 Å². The largest absolute Gasteiger partial charge is 0.497 e. The molecule has 2 aromatic carbocycles. The quantitative estimate of drug-likeness (QED) is 0.891. The van der Waals surface area contributed by atoms with Crippen molar-refractivity contribution in [1.29, 1.82) is 0 Å². The lowest BCUT2D eigenvalue weighted by Crippen LogP contribution is -2.29. The van der Waals surface area contributed by atoms with Crippen LogP contribution in [-0.4, -0.2) is 26.7 Å². The molecule has 4 heteroatoms. The molecule has 0 saturated carbocycles. The maximum Gasteiger partial charge on any atom is 0.251 e. The fourth-order valence-corrected chi connectivity index (χ4v) is 2.17. The molecule has 0 aliphatic carbocycles. The Balaban J connectivity index is 2.01. The van der Waals surface area contributed by atoms with Crippen molar-refractivity contribution in [2.75, 3.05) is 20.8 Å². The monoisotopic (exact) mass is 299 g/mol. The second-order valence-electron chi connectivity index (χ2n) is 5.08. The van der Waals surface area contributed by atoms with Gasteiger partial charge in [0.15, 0.2) is 0 Å². The summed E-state index contributed by atoms with van der Waals surface area (Å²) < 4.78 is 10.7. The summed E-state index contributed by atoms with van der Waals surface area (Å²) in [5.41, 5.74) is 2.74. The number of hydrogen-bond acceptors (Lipinski definition) is 3. The summed E-state index contributed by atoms with van der Waals surface area (Å²) in [6, 6.07) is 15.1. The topological polar surface area (TPSA) is 47.6 Å². The van der Waals surface area contributed by atoms with E-state index in [1.807, 2.05) is 55.5 Å². The molecular formula is C18H21NO3. The third-order valence-electron chi connectivity index (χ3n) is 3.51. The van der Waals surface area contributed by atoms with Crippen LogP contribution < -0.4 is 10.1 Å². The van der Waals surface area contributed by atoms with Gasteiger partial charge in [-0.1, -0.05) is 29.8 Å². The Hall–Kier alpha value is -2.33. The highest BCUT2D eigenvalue weighted by molar-refractivity contribution is 5.94. The molecule has 116 valence electrons. The van der Waals surface area contributed by atoms with E-state index in [0.717, 1.165) is 16.9 Å². The third kappa shape index (κ3) is 4.09. The molecule has 0 fully saturated rings. The normalized spacial score (nSPS) is 11.8. The van der Waals surface area contributed by atoms with Crippen LogP contribution in [0.15, 0.2) is 48.5 Å². The maximum atomic E-state index is 12.1. The van der Waals surface area contributed by atoms with E-state index in [1.165, 1.54) is 0 Å². The predicted octanol–water partition coefficient (Wildman–Crippen LogP) is 3.12. The Bertz CT molecular complexity index is 622. The minimum Gasteiger partial charge on any atom is -0.497 e. The molecule has 1 atom stereocenters. The molecule has 0 spiro atoms. The van der Waals surface area contributed by atoms with Crippen LogP contribution >= 0.6 is 0 Å². The molecule has 0 radical (unpaired) electrons. The van der Waals surface area contributed by atoms with Crippen LogP contribution in [-0.2, 0) is 4.74 Å². The highest BCUT2D eigenvalue weighted by Gasteiger charge is 2.13. The number of methoxy groups -OCH3 is 2. The number of amides is 1. The van der Waals surface area contributed by atoms with Gasteiger partial charge in [-0.2, -0.15) is 0 Å². The smallest absolute Gasteiger partial charge is 0.251 e. The van der Waals surface area contributed by atoms with Gasteiger partial charge in [-0.3, -0.25) is 4.79 Å². The number of carbonyl (C=O) groups is 1. The van der Waals surface area contributed by atoms with Crippen LogP contribution in [0.25, 0.3) is 0 Å². The fourth-order valence-electron chi connectivity index (χ4n) is 2.17. The summed E-state index contributed by atoms with van der Waals surface area (Å²) in [5.74, 6) is 0.661. The summed E-state index contributed by atoms with van der Waals surface area (Å²) >= 11 is 0. The molecule has 0 aliphatic heterocycles. The van der Waals surface area contributed by atoms with E-state index in [9.17, 15) is 4.79 Å². The van der Waals surface area contributed by atoms with Gasteiger partial charge in [-0.25, -0.2) is 0 Å². The molecule has 1 N–H and O–H groups in total. The van der Waals surface area contributed by atoms with Gasteiger partial charge in [0, 0.05) is 19.2 Å². The van der Waals surface area contributed by atoms with Crippen LogP contribution in [0.3, 0.4) is 0 Å². The number of aryl methyl sites for hydroxylation is 1. The zero-order chi connectivity index (χ0) is 15.9. The average Bonchev–Trinajstić information content (AvgIpc) is 2.56. The first kappa shape index (κ1) is 16.0. The molecular weight excluding hydrogens is 278 g/mol. The summed E-state index contributed by atoms with van der Waals surface area (Å²) in [6.45, 7) is 2.39. The summed E-state index contributed by atoms with van der Waals surface area (Å²) in [6.07, 6.45) is -0.218. The first-order valence-corrected chi connectivity index (χ1v) is 7.15. The second kappa shape index (κ2) is 7.61. The number of nitrogens with one attached hydrogen (secondary N) is 1. The van der Waals surface area contributed by atoms with Crippen molar-refractivity contribution in [2.24, 2.45) is 0 Å².